The van der Waals surface area contributed by atoms with Crippen LogP contribution in [0.3, 0.4) is 0 Å². The third kappa shape index (κ3) is 6.40. The molecule has 0 saturated heterocycles. The molecule has 0 aromatic heterocycles. The Bertz CT molecular complexity index is 91.0. The average molecular weight is 158 g/mol. The van der Waals surface area contributed by atoms with E-state index >= 15 is 0 Å². The van der Waals surface area contributed by atoms with E-state index in [1.807, 2.05) is 0 Å². The molecule has 2 unspecified atom stereocenters. The molecule has 68 valence electrons. The molecule has 0 aliphatic heterocycles. The Balaban J connectivity index is 3.51. The molecule has 0 amide bonds. The fourth-order valence-corrected chi connectivity index (χ4v) is 1.38. The van der Waals surface area contributed by atoms with Crippen LogP contribution in [-0.4, -0.2) is 0 Å². The Kier molecular flexibility index (Phi) is 6.69. The van der Waals surface area contributed by atoms with Crippen molar-refractivity contribution in [2.45, 2.75) is 65.7 Å². The number of unbranched alkanes of at least 4 members (excludes halogenated alkanes) is 1. The normalized spacial score (nSPS) is 17.5. The summed E-state index contributed by atoms with van der Waals surface area (Å²) in [5.74, 6) is 0.812. The molecule has 0 aromatic rings. The highest BCUT2D eigenvalue weighted by molar-refractivity contribution is 4.56. The summed E-state index contributed by atoms with van der Waals surface area (Å²) >= 11 is 0. The number of hydrogen-bond acceptors (Lipinski definition) is 0. The smallest absolute Gasteiger partial charge is 0.0267 e. The molecule has 11 heavy (non-hydrogen) atoms. The van der Waals surface area contributed by atoms with Gasteiger partial charge in [0, 0.05) is 1.37 Å². The minimum Gasteiger partial charge on any atom is -0.0654 e. The van der Waals surface area contributed by atoms with Gasteiger partial charge in [-0.3, -0.25) is 0 Å². The lowest BCUT2D eigenvalue weighted by Gasteiger charge is -2.12. The van der Waals surface area contributed by atoms with Crippen molar-refractivity contribution < 1.29 is 1.37 Å². The van der Waals surface area contributed by atoms with Crippen molar-refractivity contribution in [2.75, 3.05) is 0 Å². The zero-order valence-electron chi connectivity index (χ0n) is 9.40. The molecular weight excluding hydrogens is 132 g/mol. The lowest BCUT2D eigenvalue weighted by Crippen LogP contribution is -1.98. The minimum absolute atomic E-state index is 0.187. The van der Waals surface area contributed by atoms with Crippen LogP contribution in [0.25, 0.3) is 0 Å². The molecule has 0 spiro atoms. The monoisotopic (exact) mass is 158 g/mol. The minimum atomic E-state index is 0.187. The highest BCUT2D eigenvalue weighted by atomic mass is 14.1. The summed E-state index contributed by atoms with van der Waals surface area (Å²) in [7, 11) is 0. The van der Waals surface area contributed by atoms with Crippen LogP contribution in [0.15, 0.2) is 0 Å². The van der Waals surface area contributed by atoms with Crippen LogP contribution >= 0.6 is 0 Å². The van der Waals surface area contributed by atoms with E-state index < -0.39 is 0 Å². The van der Waals surface area contributed by atoms with Crippen molar-refractivity contribution in [1.82, 2.24) is 0 Å². The van der Waals surface area contributed by atoms with Crippen molar-refractivity contribution in [1.29, 1.82) is 0 Å². The van der Waals surface area contributed by atoms with Crippen LogP contribution in [0.2, 0.25) is 0 Å². The third-order valence-electron chi connectivity index (χ3n) is 2.33. The molecule has 0 fully saturated rings. The van der Waals surface area contributed by atoms with E-state index in [0.717, 1.165) is 18.8 Å². The quantitative estimate of drug-likeness (QED) is 0.515. The van der Waals surface area contributed by atoms with Gasteiger partial charge < -0.3 is 0 Å². The average Bonchev–Trinajstić information content (AvgIpc) is 2.11. The van der Waals surface area contributed by atoms with Gasteiger partial charge in [0.25, 0.3) is 0 Å². The van der Waals surface area contributed by atoms with Crippen molar-refractivity contribution in [3.63, 3.8) is 0 Å². The van der Waals surface area contributed by atoms with E-state index in [1.54, 1.807) is 0 Å². The third-order valence-corrected chi connectivity index (χ3v) is 2.33. The number of rotatable bonds is 7. The van der Waals surface area contributed by atoms with E-state index in [1.165, 1.54) is 25.7 Å². The van der Waals surface area contributed by atoms with E-state index in [2.05, 4.69) is 20.8 Å². The van der Waals surface area contributed by atoms with Gasteiger partial charge in [0.1, 0.15) is 0 Å². The first-order valence-corrected chi connectivity index (χ1v) is 5.16. The van der Waals surface area contributed by atoms with Gasteiger partial charge in [-0.1, -0.05) is 65.7 Å². The van der Waals surface area contributed by atoms with E-state index in [4.69, 9.17) is 1.37 Å². The molecule has 0 aliphatic rings. The van der Waals surface area contributed by atoms with E-state index in [0.29, 0.717) is 0 Å². The Morgan fingerprint density at radius 2 is 1.82 bits per heavy atom. The van der Waals surface area contributed by atoms with Crippen molar-refractivity contribution in [3.8, 4) is 0 Å². The SMILES string of the molecule is [3H]C(CC)CC(CC)CCCC. The Morgan fingerprint density at radius 1 is 1.09 bits per heavy atom. The van der Waals surface area contributed by atoms with Gasteiger partial charge in [-0.25, -0.2) is 0 Å². The lowest BCUT2D eigenvalue weighted by molar-refractivity contribution is 0.408. The molecule has 0 bridgehead atoms. The summed E-state index contributed by atoms with van der Waals surface area (Å²) in [5.41, 5.74) is 0. The van der Waals surface area contributed by atoms with Gasteiger partial charge in [-0.2, -0.15) is 0 Å². The zero-order chi connectivity index (χ0) is 9.40. The standard InChI is InChI=1S/C11H24/c1-4-7-9-11(6-3)10-8-5-2/h11H,4-10H2,1-3H3/i7T. The molecule has 0 saturated carbocycles. The van der Waals surface area contributed by atoms with Gasteiger partial charge in [0.15, 0.2) is 0 Å². The largest absolute Gasteiger partial charge is 0.0654 e. The summed E-state index contributed by atoms with van der Waals surface area (Å²) in [6.07, 6.45) is 7.56. The second-order valence-electron chi connectivity index (χ2n) is 3.35. The van der Waals surface area contributed by atoms with Crippen molar-refractivity contribution in [2.24, 2.45) is 5.92 Å². The highest BCUT2D eigenvalue weighted by Gasteiger charge is 2.03. The fourth-order valence-electron chi connectivity index (χ4n) is 1.38. The molecule has 2 atom stereocenters. The lowest BCUT2D eigenvalue weighted by atomic mass is 9.94. The maximum absolute atomic E-state index is 7.69. The first kappa shape index (κ1) is 9.09. The summed E-state index contributed by atoms with van der Waals surface area (Å²) in [4.78, 5) is 0. The van der Waals surface area contributed by atoms with Crippen LogP contribution in [0, 0.1) is 5.92 Å². The summed E-state index contributed by atoms with van der Waals surface area (Å²) in [6, 6.07) is 0. The zero-order valence-corrected chi connectivity index (χ0v) is 8.40. The molecule has 0 aromatic carbocycles. The van der Waals surface area contributed by atoms with Gasteiger partial charge >= 0.3 is 0 Å². The van der Waals surface area contributed by atoms with Crippen LogP contribution in [0.5, 0.6) is 0 Å². The Morgan fingerprint density at radius 3 is 2.27 bits per heavy atom. The highest BCUT2D eigenvalue weighted by Crippen LogP contribution is 2.18. The molecule has 0 rings (SSSR count). The molecule has 0 aliphatic carbocycles. The van der Waals surface area contributed by atoms with Crippen molar-refractivity contribution >= 4 is 0 Å². The molecule has 0 nitrogen and oxygen atoms in total. The van der Waals surface area contributed by atoms with E-state index in [9.17, 15) is 0 Å². The molecular formula is C11H24. The first-order chi connectivity index (χ1) is 5.74. The first-order valence-electron chi connectivity index (χ1n) is 5.74. The predicted molar refractivity (Wildman–Crippen MR) is 52.8 cm³/mol. The molecule has 0 N–H and O–H groups in total. The Hall–Kier alpha value is 0. The van der Waals surface area contributed by atoms with E-state index in [-0.39, 0.29) is 6.40 Å². The Labute approximate surface area is 73.8 Å². The fraction of sp³-hybridized carbons (Fsp3) is 1.00. The van der Waals surface area contributed by atoms with Crippen LogP contribution in [0.1, 0.15) is 67.1 Å². The van der Waals surface area contributed by atoms with Gasteiger partial charge in [-0.05, 0) is 5.92 Å². The van der Waals surface area contributed by atoms with Gasteiger partial charge in [0.2, 0.25) is 0 Å². The second-order valence-corrected chi connectivity index (χ2v) is 3.35. The van der Waals surface area contributed by atoms with Gasteiger partial charge in [-0.15, -0.1) is 0 Å². The van der Waals surface area contributed by atoms with Crippen LogP contribution in [0.4, 0.5) is 0 Å². The predicted octanol–water partition coefficient (Wildman–Crippen LogP) is 4.39. The summed E-state index contributed by atoms with van der Waals surface area (Å²) < 4.78 is 7.69. The molecule has 0 radical (unpaired) electrons. The second kappa shape index (κ2) is 8.10. The summed E-state index contributed by atoms with van der Waals surface area (Å²) in [6.45, 7) is 6.61. The maximum atomic E-state index is 7.69. The van der Waals surface area contributed by atoms with Crippen molar-refractivity contribution in [3.05, 3.63) is 0 Å². The maximum Gasteiger partial charge on any atom is 0.0267 e. The van der Waals surface area contributed by atoms with Gasteiger partial charge in [0.05, 0.1) is 0 Å². The van der Waals surface area contributed by atoms with Crippen LogP contribution < -0.4 is 0 Å². The molecule has 0 heterocycles. The summed E-state index contributed by atoms with van der Waals surface area (Å²) in [5, 5.41) is 0. The topological polar surface area (TPSA) is 0 Å². The molecule has 0 heteroatoms. The number of hydrogen-bond donors (Lipinski definition) is 0. The van der Waals surface area contributed by atoms with Crippen LogP contribution in [-0.2, 0) is 0 Å².